The Labute approximate surface area is 340 Å². The van der Waals surface area contributed by atoms with Gasteiger partial charge in [-0.15, -0.1) is 0 Å². The van der Waals surface area contributed by atoms with Gasteiger partial charge >= 0.3 is 12.1 Å². The van der Waals surface area contributed by atoms with E-state index in [2.05, 4.69) is 64.8 Å². The average Bonchev–Trinajstić information content (AvgIpc) is 4.08. The van der Waals surface area contributed by atoms with Crippen LogP contribution in [0, 0.1) is 0 Å². The number of aromatic amines is 2. The van der Waals surface area contributed by atoms with E-state index in [0.717, 1.165) is 91.1 Å². The fourth-order valence-corrected chi connectivity index (χ4v) is 8.03. The van der Waals surface area contributed by atoms with E-state index in [-0.39, 0.29) is 12.0 Å². The molecule has 1 amide bonds. The van der Waals surface area contributed by atoms with Crippen LogP contribution in [0.4, 0.5) is 18.9 Å². The molecule has 17 heteroatoms. The van der Waals surface area contributed by atoms with Gasteiger partial charge in [0.05, 0.1) is 48.5 Å². The van der Waals surface area contributed by atoms with Crippen molar-refractivity contribution in [2.45, 2.75) is 50.6 Å². The summed E-state index contributed by atoms with van der Waals surface area (Å²) in [5.41, 5.74) is 5.98. The van der Waals surface area contributed by atoms with Crippen molar-refractivity contribution in [3.8, 4) is 11.1 Å². The number of anilines is 1. The Morgan fingerprint density at radius 3 is 2.27 bits per heavy atom. The molecular formula is C42H52F3N9O5. The molecule has 4 fully saturated rings. The van der Waals surface area contributed by atoms with E-state index < -0.39 is 12.1 Å². The third kappa shape index (κ3) is 11.6. The van der Waals surface area contributed by atoms with Crippen molar-refractivity contribution in [3.63, 3.8) is 0 Å². The first kappa shape index (κ1) is 42.2. The summed E-state index contributed by atoms with van der Waals surface area (Å²) >= 11 is 0. The number of aliphatic carboxylic acids is 1. The molecule has 2 unspecified atom stereocenters. The van der Waals surface area contributed by atoms with E-state index in [0.29, 0.717) is 24.0 Å². The second kappa shape index (κ2) is 19.9. The summed E-state index contributed by atoms with van der Waals surface area (Å²) in [7, 11) is 0. The zero-order chi connectivity index (χ0) is 41.2. The lowest BCUT2D eigenvalue weighted by Crippen LogP contribution is -2.46. The molecule has 2 atom stereocenters. The highest BCUT2D eigenvalue weighted by Crippen LogP contribution is 2.34. The summed E-state index contributed by atoms with van der Waals surface area (Å²) in [6, 6.07) is 18.0. The highest BCUT2D eigenvalue weighted by molar-refractivity contribution is 6.09. The standard InChI is InChI=1S/C31H33N7O2.C9H18N2O.C2HF3O2/c39-31(28-8-3-5-22(34-28)18-38-13-14-40-23(20-38)19-37-11-1-2-12-37)35-29-15-21(16-30-26(29)17-33-36-30)24-6-4-7-27-25(24)9-10-32-27;1-2-5-11(4-1)8-9-7-10-3-6-12-9;3-2(4,5)1(6)7/h3-10,15-17,23,32H,1-2,11-14,18-20H2,(H,33,36)(H,35,39);9-10H,1-8H2;(H,6,7). The Morgan fingerprint density at radius 2 is 1.56 bits per heavy atom. The minimum Gasteiger partial charge on any atom is -0.475 e. The number of carboxylic acids is 1. The van der Waals surface area contributed by atoms with E-state index in [1.54, 1.807) is 12.3 Å². The molecule has 59 heavy (non-hydrogen) atoms. The Balaban J connectivity index is 0.000000229. The molecule has 14 nitrogen and oxygen atoms in total. The Kier molecular flexibility index (Phi) is 14.2. The van der Waals surface area contributed by atoms with Crippen LogP contribution in [0.25, 0.3) is 32.9 Å². The predicted molar refractivity (Wildman–Crippen MR) is 218 cm³/mol. The number of alkyl halides is 3. The maximum Gasteiger partial charge on any atom is 0.490 e. The number of nitrogens with zero attached hydrogens (tertiary/aromatic N) is 5. The number of aromatic nitrogens is 4. The third-order valence-electron chi connectivity index (χ3n) is 10.9. The van der Waals surface area contributed by atoms with Crippen LogP contribution in [0.2, 0.25) is 0 Å². The summed E-state index contributed by atoms with van der Waals surface area (Å²) in [6.07, 6.45) is 4.59. The molecule has 4 aliphatic rings. The number of H-pyrrole nitrogens is 2. The van der Waals surface area contributed by atoms with Gasteiger partial charge in [-0.05, 0) is 99.4 Å². The minimum absolute atomic E-state index is 0.222. The summed E-state index contributed by atoms with van der Waals surface area (Å²) in [5, 5.41) is 22.9. The fourth-order valence-electron chi connectivity index (χ4n) is 8.03. The van der Waals surface area contributed by atoms with E-state index in [1.165, 1.54) is 51.9 Å². The van der Waals surface area contributed by atoms with Gasteiger partial charge in [-0.1, -0.05) is 18.2 Å². The molecule has 5 N–H and O–H groups in total. The number of ether oxygens (including phenoxy) is 2. The largest absolute Gasteiger partial charge is 0.490 e. The van der Waals surface area contributed by atoms with Gasteiger partial charge in [0.15, 0.2) is 0 Å². The van der Waals surface area contributed by atoms with E-state index in [4.69, 9.17) is 24.4 Å². The number of nitrogens with one attached hydrogen (secondary N) is 4. The van der Waals surface area contributed by atoms with Crippen molar-refractivity contribution < 1.29 is 37.3 Å². The van der Waals surface area contributed by atoms with Crippen molar-refractivity contribution in [2.75, 3.05) is 84.0 Å². The first-order chi connectivity index (χ1) is 28.6. The maximum absolute atomic E-state index is 13.4. The molecule has 0 spiro atoms. The number of amides is 1. The molecular weight excluding hydrogens is 768 g/mol. The number of hydrogen-bond donors (Lipinski definition) is 5. The van der Waals surface area contributed by atoms with Gasteiger partial charge in [0.1, 0.15) is 5.69 Å². The topological polar surface area (TPSA) is 164 Å². The van der Waals surface area contributed by atoms with Crippen molar-refractivity contribution >= 4 is 39.4 Å². The Morgan fingerprint density at radius 1 is 0.847 bits per heavy atom. The number of likely N-dealkylation sites (tertiary alicyclic amines) is 2. The molecule has 0 saturated carbocycles. The lowest BCUT2D eigenvalue weighted by atomic mass is 9.99. The van der Waals surface area contributed by atoms with Crippen molar-refractivity contribution in [3.05, 3.63) is 78.4 Å². The molecule has 7 heterocycles. The maximum atomic E-state index is 13.4. The quantitative estimate of drug-likeness (QED) is 0.130. The van der Waals surface area contributed by atoms with Gasteiger partial charge in [-0.2, -0.15) is 18.3 Å². The first-order valence-corrected chi connectivity index (χ1v) is 20.3. The third-order valence-corrected chi connectivity index (χ3v) is 10.9. The SMILES string of the molecule is C1CCN(CC2CNCCO2)C1.O=C(Nc1cc(-c2cccc3[nH]ccc23)cc2[nH]ncc12)c1cccc(CN2CCOC(CN3CCCC3)C2)n1.O=C(O)C(F)(F)F. The summed E-state index contributed by atoms with van der Waals surface area (Å²) in [6.45, 7) is 13.2. The van der Waals surface area contributed by atoms with Gasteiger partial charge in [0.2, 0.25) is 0 Å². The number of morpholine rings is 2. The molecule has 5 aromatic rings. The second-order valence-electron chi connectivity index (χ2n) is 15.3. The normalized spacial score (nSPS) is 20.5. The molecule has 0 bridgehead atoms. The van der Waals surface area contributed by atoms with Crippen LogP contribution >= 0.6 is 0 Å². The molecule has 4 saturated heterocycles. The number of carboxylic acid groups (broad SMARTS) is 1. The zero-order valence-corrected chi connectivity index (χ0v) is 33.0. The van der Waals surface area contributed by atoms with Crippen LogP contribution in [0.15, 0.2) is 67.0 Å². The lowest BCUT2D eigenvalue weighted by molar-refractivity contribution is -0.192. The number of carbonyl (C=O) groups is 2. The predicted octanol–water partition coefficient (Wildman–Crippen LogP) is 5.36. The number of hydrogen-bond acceptors (Lipinski definition) is 10. The van der Waals surface area contributed by atoms with Crippen LogP contribution in [0.1, 0.15) is 41.9 Å². The fraction of sp³-hybridized carbons (Fsp3) is 0.476. The smallest absolute Gasteiger partial charge is 0.475 e. The Bertz CT molecular complexity index is 2140. The van der Waals surface area contributed by atoms with Crippen LogP contribution in [0.5, 0.6) is 0 Å². The molecule has 2 aromatic carbocycles. The van der Waals surface area contributed by atoms with Crippen LogP contribution < -0.4 is 10.6 Å². The Hall–Kier alpha value is -4.91. The van der Waals surface area contributed by atoms with Crippen LogP contribution in [-0.4, -0.2) is 149 Å². The number of halogens is 3. The van der Waals surface area contributed by atoms with Gasteiger partial charge in [0, 0.05) is 68.3 Å². The first-order valence-electron chi connectivity index (χ1n) is 20.3. The van der Waals surface area contributed by atoms with Gasteiger partial charge < -0.3 is 40.0 Å². The van der Waals surface area contributed by atoms with Gasteiger partial charge in [-0.25, -0.2) is 9.78 Å². The molecule has 316 valence electrons. The van der Waals surface area contributed by atoms with Gasteiger partial charge in [-0.3, -0.25) is 14.8 Å². The number of carbonyl (C=O) groups excluding carboxylic acids is 1. The molecule has 4 aliphatic heterocycles. The number of benzene rings is 2. The second-order valence-corrected chi connectivity index (χ2v) is 15.3. The van der Waals surface area contributed by atoms with E-state index >= 15 is 0 Å². The summed E-state index contributed by atoms with van der Waals surface area (Å²) in [5.74, 6) is -3.00. The van der Waals surface area contributed by atoms with Crippen molar-refractivity contribution in [1.82, 2.24) is 40.2 Å². The highest BCUT2D eigenvalue weighted by atomic mass is 19.4. The number of pyridine rings is 1. The molecule has 9 rings (SSSR count). The number of fused-ring (bicyclic) bond motifs is 2. The molecule has 0 radical (unpaired) electrons. The monoisotopic (exact) mass is 819 g/mol. The van der Waals surface area contributed by atoms with E-state index in [9.17, 15) is 18.0 Å². The number of rotatable bonds is 9. The van der Waals surface area contributed by atoms with Gasteiger partial charge in [0.25, 0.3) is 5.91 Å². The van der Waals surface area contributed by atoms with Crippen molar-refractivity contribution in [2.24, 2.45) is 0 Å². The van der Waals surface area contributed by atoms with Crippen LogP contribution in [-0.2, 0) is 20.8 Å². The molecule has 3 aromatic heterocycles. The summed E-state index contributed by atoms with van der Waals surface area (Å²) < 4.78 is 43.4. The highest BCUT2D eigenvalue weighted by Gasteiger charge is 2.38. The van der Waals surface area contributed by atoms with Crippen molar-refractivity contribution in [1.29, 1.82) is 0 Å². The molecule has 0 aliphatic carbocycles. The summed E-state index contributed by atoms with van der Waals surface area (Å²) in [4.78, 5) is 37.7. The van der Waals surface area contributed by atoms with Crippen LogP contribution in [0.3, 0.4) is 0 Å². The zero-order valence-electron chi connectivity index (χ0n) is 33.0. The lowest BCUT2D eigenvalue weighted by Gasteiger charge is -2.34. The van der Waals surface area contributed by atoms with E-state index in [1.807, 2.05) is 30.5 Å². The minimum atomic E-state index is -5.08. The average molecular weight is 820 g/mol.